The van der Waals surface area contributed by atoms with Gasteiger partial charge in [-0.05, 0) is 31.5 Å². The molecule has 1 heterocycles. The molecule has 0 spiro atoms. The number of carbonyl (C=O) groups is 1. The monoisotopic (exact) mass is 357 g/mol. The van der Waals surface area contributed by atoms with Crippen molar-refractivity contribution in [2.75, 3.05) is 6.54 Å². The van der Waals surface area contributed by atoms with Gasteiger partial charge in [0, 0.05) is 6.54 Å². The molecule has 25 heavy (non-hydrogen) atoms. The summed E-state index contributed by atoms with van der Waals surface area (Å²) in [5.74, 6) is -1.10. The molecule has 1 atom stereocenters. The van der Waals surface area contributed by atoms with Crippen LogP contribution in [0.4, 0.5) is 0 Å². The number of nitrogens with zero attached hydrogens (tertiary/aromatic N) is 1. The number of carboxylic acid groups (broad SMARTS) is 1. The smallest absolute Gasteiger partial charge is 0.333 e. The van der Waals surface area contributed by atoms with Crippen LogP contribution in [0, 0.1) is 13.8 Å². The molecule has 6 heteroatoms. The van der Waals surface area contributed by atoms with Gasteiger partial charge in [0.15, 0.2) is 0 Å². The lowest BCUT2D eigenvalue weighted by Gasteiger charge is -2.26. The first-order valence-electron chi connectivity index (χ1n) is 7.89. The van der Waals surface area contributed by atoms with Crippen molar-refractivity contribution in [3.05, 3.63) is 76.9 Å². The first kappa shape index (κ1) is 17.4. The quantitative estimate of drug-likeness (QED) is 0.912. The van der Waals surface area contributed by atoms with Crippen LogP contribution in [0.1, 0.15) is 22.7 Å². The molecule has 2 aromatic rings. The summed E-state index contributed by atoms with van der Waals surface area (Å²) in [6, 6.07) is 13.0. The maximum Gasteiger partial charge on any atom is 0.333 e. The first-order valence-corrected chi connectivity index (χ1v) is 9.33. The molecule has 0 saturated heterocycles. The molecule has 0 saturated carbocycles. The van der Waals surface area contributed by atoms with Crippen molar-refractivity contribution >= 4 is 16.0 Å². The van der Waals surface area contributed by atoms with Gasteiger partial charge in [-0.2, -0.15) is 4.31 Å². The van der Waals surface area contributed by atoms with Crippen molar-refractivity contribution < 1.29 is 18.3 Å². The van der Waals surface area contributed by atoms with Crippen LogP contribution in [-0.4, -0.2) is 30.3 Å². The van der Waals surface area contributed by atoms with Crippen LogP contribution in [0.3, 0.4) is 0 Å². The molecule has 1 aliphatic heterocycles. The molecular weight excluding hydrogens is 338 g/mol. The fraction of sp³-hybridized carbons (Fsp3) is 0.211. The second-order valence-corrected chi connectivity index (χ2v) is 8.06. The molecular formula is C19H19NO4S. The van der Waals surface area contributed by atoms with E-state index in [1.165, 1.54) is 10.4 Å². The molecule has 130 valence electrons. The van der Waals surface area contributed by atoms with Crippen molar-refractivity contribution in [1.29, 1.82) is 0 Å². The van der Waals surface area contributed by atoms with Crippen LogP contribution < -0.4 is 0 Å². The SMILES string of the molecule is Cc1ccc(C2C(C(=O)O)=CCN2S(=O)(=O)c2ccc(C)cc2)cc1. The molecule has 0 bridgehead atoms. The Kier molecular flexibility index (Phi) is 4.49. The fourth-order valence-electron chi connectivity index (χ4n) is 2.94. The molecule has 2 aromatic carbocycles. The number of rotatable bonds is 4. The minimum atomic E-state index is -3.81. The second kappa shape index (κ2) is 6.46. The molecule has 0 aromatic heterocycles. The third-order valence-corrected chi connectivity index (χ3v) is 6.19. The summed E-state index contributed by atoms with van der Waals surface area (Å²) in [5, 5.41) is 9.50. The van der Waals surface area contributed by atoms with E-state index in [0.717, 1.165) is 11.1 Å². The van der Waals surface area contributed by atoms with Crippen LogP contribution in [0.5, 0.6) is 0 Å². The van der Waals surface area contributed by atoms with Crippen LogP contribution >= 0.6 is 0 Å². The maximum absolute atomic E-state index is 13.1. The largest absolute Gasteiger partial charge is 0.478 e. The number of hydrogen-bond acceptors (Lipinski definition) is 3. The summed E-state index contributed by atoms with van der Waals surface area (Å²) in [7, 11) is -3.81. The summed E-state index contributed by atoms with van der Waals surface area (Å²) in [5.41, 5.74) is 2.71. The molecule has 5 nitrogen and oxygen atoms in total. The number of hydrogen-bond donors (Lipinski definition) is 1. The van der Waals surface area contributed by atoms with Gasteiger partial charge in [0.05, 0.1) is 16.5 Å². The Bertz CT molecular complexity index is 928. The lowest BCUT2D eigenvalue weighted by molar-refractivity contribution is -0.133. The van der Waals surface area contributed by atoms with E-state index in [1.807, 2.05) is 26.0 Å². The van der Waals surface area contributed by atoms with E-state index in [4.69, 9.17) is 0 Å². The third-order valence-electron chi connectivity index (χ3n) is 4.34. The standard InChI is InChI=1S/C19H19NO4S/c1-13-3-7-15(8-4-13)18-17(19(21)22)11-12-20(18)25(23,24)16-9-5-14(2)6-10-16/h3-11,18H,12H2,1-2H3,(H,21,22). The van der Waals surface area contributed by atoms with Gasteiger partial charge in [0.25, 0.3) is 0 Å². The highest BCUT2D eigenvalue weighted by Gasteiger charge is 2.40. The fourth-order valence-corrected chi connectivity index (χ4v) is 4.48. The Morgan fingerprint density at radius 2 is 1.52 bits per heavy atom. The van der Waals surface area contributed by atoms with Crippen LogP contribution in [-0.2, 0) is 14.8 Å². The van der Waals surface area contributed by atoms with E-state index in [1.54, 1.807) is 36.4 Å². The first-order chi connectivity index (χ1) is 11.8. The number of aryl methyl sites for hydroxylation is 2. The van der Waals surface area contributed by atoms with Crippen LogP contribution in [0.15, 0.2) is 65.1 Å². The minimum Gasteiger partial charge on any atom is -0.478 e. The highest BCUT2D eigenvalue weighted by Crippen LogP contribution is 2.37. The molecule has 3 rings (SSSR count). The van der Waals surface area contributed by atoms with E-state index in [9.17, 15) is 18.3 Å². The molecule has 0 amide bonds. The Balaban J connectivity index is 2.06. The lowest BCUT2D eigenvalue weighted by Crippen LogP contribution is -2.33. The van der Waals surface area contributed by atoms with Gasteiger partial charge >= 0.3 is 5.97 Å². The number of aliphatic carboxylic acids is 1. The van der Waals surface area contributed by atoms with Gasteiger partial charge in [-0.1, -0.05) is 53.6 Å². The number of sulfonamides is 1. The van der Waals surface area contributed by atoms with Crippen molar-refractivity contribution in [3.8, 4) is 0 Å². The van der Waals surface area contributed by atoms with Crippen molar-refractivity contribution in [2.24, 2.45) is 0 Å². The average molecular weight is 357 g/mol. The van der Waals surface area contributed by atoms with Gasteiger partial charge in [0.2, 0.25) is 10.0 Å². The molecule has 1 aliphatic rings. The van der Waals surface area contributed by atoms with E-state index in [-0.39, 0.29) is 17.0 Å². The molecule has 0 radical (unpaired) electrons. The normalized spacial score (nSPS) is 18.2. The molecule has 0 aliphatic carbocycles. The molecule has 1 unspecified atom stereocenters. The highest BCUT2D eigenvalue weighted by atomic mass is 32.2. The van der Waals surface area contributed by atoms with E-state index in [2.05, 4.69) is 0 Å². The topological polar surface area (TPSA) is 74.7 Å². The second-order valence-electron chi connectivity index (χ2n) is 6.17. The van der Waals surface area contributed by atoms with Crippen LogP contribution in [0.25, 0.3) is 0 Å². The van der Waals surface area contributed by atoms with Crippen molar-refractivity contribution in [1.82, 2.24) is 4.31 Å². The van der Waals surface area contributed by atoms with Gasteiger partial charge < -0.3 is 5.11 Å². The third kappa shape index (κ3) is 3.23. The predicted octanol–water partition coefficient (Wildman–Crippen LogP) is 3.06. The van der Waals surface area contributed by atoms with Crippen LogP contribution in [0.2, 0.25) is 0 Å². The zero-order valence-electron chi connectivity index (χ0n) is 14.0. The van der Waals surface area contributed by atoms with Gasteiger partial charge in [-0.3, -0.25) is 0 Å². The van der Waals surface area contributed by atoms with Gasteiger partial charge in [0.1, 0.15) is 0 Å². The molecule has 1 N–H and O–H groups in total. The Labute approximate surface area is 147 Å². The van der Waals surface area contributed by atoms with Crippen molar-refractivity contribution in [2.45, 2.75) is 24.8 Å². The average Bonchev–Trinajstić information content (AvgIpc) is 3.02. The molecule has 0 fully saturated rings. The zero-order chi connectivity index (χ0) is 18.2. The Hall–Kier alpha value is -2.44. The highest BCUT2D eigenvalue weighted by molar-refractivity contribution is 7.89. The maximum atomic E-state index is 13.1. The van der Waals surface area contributed by atoms with Gasteiger partial charge in [-0.25, -0.2) is 13.2 Å². The summed E-state index contributed by atoms with van der Waals surface area (Å²) in [6.45, 7) is 3.84. The van der Waals surface area contributed by atoms with Crippen molar-refractivity contribution in [3.63, 3.8) is 0 Å². The summed E-state index contributed by atoms with van der Waals surface area (Å²) >= 11 is 0. The Morgan fingerprint density at radius 3 is 2.04 bits per heavy atom. The summed E-state index contributed by atoms with van der Waals surface area (Å²) in [6.07, 6.45) is 1.47. The summed E-state index contributed by atoms with van der Waals surface area (Å²) in [4.78, 5) is 11.8. The van der Waals surface area contributed by atoms with Gasteiger partial charge in [-0.15, -0.1) is 0 Å². The Morgan fingerprint density at radius 1 is 1.00 bits per heavy atom. The van der Waals surface area contributed by atoms with E-state index >= 15 is 0 Å². The van der Waals surface area contributed by atoms with E-state index < -0.39 is 22.0 Å². The number of carboxylic acids is 1. The predicted molar refractivity (Wildman–Crippen MR) is 94.7 cm³/mol. The lowest BCUT2D eigenvalue weighted by atomic mass is 10.00. The zero-order valence-corrected chi connectivity index (χ0v) is 14.8. The minimum absolute atomic E-state index is 0.0381. The van der Waals surface area contributed by atoms with E-state index in [0.29, 0.717) is 5.56 Å². The summed E-state index contributed by atoms with van der Waals surface area (Å²) < 4.78 is 27.4. The number of benzene rings is 2.